The molecular formula is C18H20ClN5O. The van der Waals surface area contributed by atoms with Crippen molar-refractivity contribution in [1.82, 2.24) is 14.3 Å². The number of hydrogen-bond acceptors (Lipinski definition) is 5. The number of amides is 1. The molecule has 2 aliphatic heterocycles. The Kier molecular flexibility index (Phi) is 4.23. The van der Waals surface area contributed by atoms with Crippen molar-refractivity contribution in [3.8, 4) is 0 Å². The van der Waals surface area contributed by atoms with Crippen LogP contribution in [0.15, 0.2) is 36.5 Å². The topological polar surface area (TPSA) is 51.7 Å². The van der Waals surface area contributed by atoms with Gasteiger partial charge in [0.2, 0.25) is 0 Å². The molecule has 0 unspecified atom stereocenters. The fourth-order valence-electron chi connectivity index (χ4n) is 3.28. The lowest BCUT2D eigenvalue weighted by Crippen LogP contribution is -2.44. The molecule has 2 aromatic rings. The molecule has 7 heteroatoms. The molecule has 3 heterocycles. The molecule has 4 rings (SSSR count). The standard InChI is InChI=1S/C18H20ClN5O/c1-22-7-9-23(10-8-22)14-5-6-16(20-11-14)21-15-4-2-3-13-12-24(19)18(25)17(13)15/h2-6,11H,7-10,12H2,1H3,(H,20,21). The van der Waals surface area contributed by atoms with Gasteiger partial charge in [-0.3, -0.25) is 4.79 Å². The lowest BCUT2D eigenvalue weighted by atomic mass is 10.1. The van der Waals surface area contributed by atoms with Crippen molar-refractivity contribution in [1.29, 1.82) is 0 Å². The maximum absolute atomic E-state index is 12.2. The molecule has 0 saturated carbocycles. The van der Waals surface area contributed by atoms with E-state index in [0.29, 0.717) is 17.9 Å². The number of hydrogen-bond donors (Lipinski definition) is 1. The first-order valence-corrected chi connectivity index (χ1v) is 8.72. The maximum Gasteiger partial charge on any atom is 0.270 e. The molecule has 2 aliphatic rings. The van der Waals surface area contributed by atoms with Gasteiger partial charge < -0.3 is 15.1 Å². The van der Waals surface area contributed by atoms with Gasteiger partial charge in [-0.05, 0) is 30.8 Å². The lowest BCUT2D eigenvalue weighted by Gasteiger charge is -2.33. The highest BCUT2D eigenvalue weighted by Gasteiger charge is 2.29. The van der Waals surface area contributed by atoms with Crippen LogP contribution in [0.5, 0.6) is 0 Å². The van der Waals surface area contributed by atoms with E-state index in [2.05, 4.69) is 33.2 Å². The van der Waals surface area contributed by atoms with Crippen LogP contribution in [-0.2, 0) is 6.54 Å². The van der Waals surface area contributed by atoms with Crippen LogP contribution < -0.4 is 10.2 Å². The highest BCUT2D eigenvalue weighted by Crippen LogP contribution is 2.32. The molecule has 1 fully saturated rings. The molecule has 1 aromatic heterocycles. The molecule has 0 bridgehead atoms. The molecule has 0 aliphatic carbocycles. The zero-order valence-electron chi connectivity index (χ0n) is 14.1. The number of fused-ring (bicyclic) bond motifs is 1. The Morgan fingerprint density at radius 3 is 2.64 bits per heavy atom. The molecular weight excluding hydrogens is 338 g/mol. The SMILES string of the molecule is CN1CCN(c2ccc(Nc3cccc4c3C(=O)N(Cl)C4)nc2)CC1. The van der Waals surface area contributed by atoms with E-state index in [0.717, 1.165) is 43.1 Å². The number of nitrogens with zero attached hydrogens (tertiary/aromatic N) is 4. The number of carbonyl (C=O) groups excluding carboxylic acids is 1. The van der Waals surface area contributed by atoms with Gasteiger partial charge in [-0.1, -0.05) is 12.1 Å². The Morgan fingerprint density at radius 1 is 1.12 bits per heavy atom. The van der Waals surface area contributed by atoms with Crippen molar-refractivity contribution in [2.45, 2.75) is 6.54 Å². The molecule has 1 saturated heterocycles. The third-order valence-corrected chi connectivity index (χ3v) is 5.05. The molecule has 1 amide bonds. The van der Waals surface area contributed by atoms with Gasteiger partial charge in [0, 0.05) is 38.0 Å². The number of benzene rings is 1. The van der Waals surface area contributed by atoms with E-state index in [4.69, 9.17) is 11.8 Å². The van der Waals surface area contributed by atoms with E-state index in [1.54, 1.807) is 0 Å². The number of halogens is 1. The van der Waals surface area contributed by atoms with Crippen LogP contribution in [0.2, 0.25) is 0 Å². The molecule has 6 nitrogen and oxygen atoms in total. The fraction of sp³-hybridized carbons (Fsp3) is 0.333. The van der Waals surface area contributed by atoms with Crippen molar-refractivity contribution in [3.05, 3.63) is 47.7 Å². The van der Waals surface area contributed by atoms with Gasteiger partial charge >= 0.3 is 0 Å². The second-order valence-corrected chi connectivity index (χ2v) is 6.89. The Morgan fingerprint density at radius 2 is 1.92 bits per heavy atom. The highest BCUT2D eigenvalue weighted by molar-refractivity contribution is 6.26. The summed E-state index contributed by atoms with van der Waals surface area (Å²) in [5.74, 6) is 0.543. The Balaban J connectivity index is 1.51. The van der Waals surface area contributed by atoms with Gasteiger partial charge in [-0.15, -0.1) is 0 Å². The van der Waals surface area contributed by atoms with E-state index in [1.807, 2.05) is 30.5 Å². The van der Waals surface area contributed by atoms with Gasteiger partial charge in [0.1, 0.15) is 5.82 Å². The van der Waals surface area contributed by atoms with E-state index in [1.165, 1.54) is 4.42 Å². The molecule has 0 spiro atoms. The Labute approximate surface area is 152 Å². The summed E-state index contributed by atoms with van der Waals surface area (Å²) in [6.07, 6.45) is 1.88. The van der Waals surface area contributed by atoms with Crippen LogP contribution in [0.4, 0.5) is 17.2 Å². The number of nitrogens with one attached hydrogen (secondary N) is 1. The average Bonchev–Trinajstić information content (AvgIpc) is 2.92. The van der Waals surface area contributed by atoms with E-state index in [-0.39, 0.29) is 5.91 Å². The monoisotopic (exact) mass is 357 g/mol. The Bertz CT molecular complexity index is 787. The van der Waals surface area contributed by atoms with Crippen molar-refractivity contribution < 1.29 is 4.79 Å². The van der Waals surface area contributed by atoms with Crippen LogP contribution in [0.25, 0.3) is 0 Å². The summed E-state index contributed by atoms with van der Waals surface area (Å²) in [6.45, 7) is 4.58. The number of rotatable bonds is 3. The largest absolute Gasteiger partial charge is 0.368 e. The molecule has 0 atom stereocenters. The number of piperazine rings is 1. The smallest absolute Gasteiger partial charge is 0.270 e. The molecule has 1 N–H and O–H groups in total. The quantitative estimate of drug-likeness (QED) is 0.856. The number of aromatic nitrogens is 1. The predicted molar refractivity (Wildman–Crippen MR) is 99.4 cm³/mol. The maximum atomic E-state index is 12.2. The first-order valence-electron chi connectivity index (χ1n) is 8.38. The van der Waals surface area contributed by atoms with Crippen LogP contribution >= 0.6 is 11.8 Å². The summed E-state index contributed by atoms with van der Waals surface area (Å²) in [7, 11) is 2.14. The minimum Gasteiger partial charge on any atom is -0.368 e. The zero-order valence-corrected chi connectivity index (χ0v) is 14.8. The number of carbonyl (C=O) groups is 1. The van der Waals surface area contributed by atoms with Gasteiger partial charge in [0.05, 0.1) is 29.7 Å². The molecule has 25 heavy (non-hydrogen) atoms. The summed E-state index contributed by atoms with van der Waals surface area (Å²) in [4.78, 5) is 21.4. The minimum atomic E-state index is -0.172. The van der Waals surface area contributed by atoms with Gasteiger partial charge in [-0.25, -0.2) is 9.40 Å². The summed E-state index contributed by atoms with van der Waals surface area (Å²) < 4.78 is 1.21. The van der Waals surface area contributed by atoms with Crippen molar-refractivity contribution in [2.24, 2.45) is 0 Å². The van der Waals surface area contributed by atoms with Crippen molar-refractivity contribution >= 4 is 34.9 Å². The van der Waals surface area contributed by atoms with Crippen molar-refractivity contribution in [2.75, 3.05) is 43.4 Å². The van der Waals surface area contributed by atoms with Crippen molar-refractivity contribution in [3.63, 3.8) is 0 Å². The Hall–Kier alpha value is -2.31. The highest BCUT2D eigenvalue weighted by atomic mass is 35.5. The molecule has 0 radical (unpaired) electrons. The van der Waals surface area contributed by atoms with Crippen LogP contribution in [0, 0.1) is 0 Å². The first-order chi connectivity index (χ1) is 12.1. The average molecular weight is 358 g/mol. The molecule has 130 valence electrons. The van der Waals surface area contributed by atoms with Gasteiger partial charge in [0.15, 0.2) is 0 Å². The minimum absolute atomic E-state index is 0.172. The normalized spacial score (nSPS) is 17.8. The number of pyridine rings is 1. The summed E-state index contributed by atoms with van der Waals surface area (Å²) in [6, 6.07) is 9.74. The van der Waals surface area contributed by atoms with Crippen LogP contribution in [0.3, 0.4) is 0 Å². The summed E-state index contributed by atoms with van der Waals surface area (Å²) in [5, 5.41) is 3.25. The van der Waals surface area contributed by atoms with E-state index >= 15 is 0 Å². The third-order valence-electron chi connectivity index (χ3n) is 4.77. The fourth-order valence-corrected chi connectivity index (χ4v) is 3.49. The second kappa shape index (κ2) is 6.54. The third kappa shape index (κ3) is 3.15. The number of anilines is 3. The van der Waals surface area contributed by atoms with Crippen LogP contribution in [-0.4, -0.2) is 53.4 Å². The predicted octanol–water partition coefficient (Wildman–Crippen LogP) is 2.69. The zero-order chi connectivity index (χ0) is 17.4. The summed E-state index contributed by atoms with van der Waals surface area (Å²) >= 11 is 5.95. The summed E-state index contributed by atoms with van der Waals surface area (Å²) in [5.41, 5.74) is 3.42. The van der Waals surface area contributed by atoms with Gasteiger partial charge in [-0.2, -0.15) is 0 Å². The molecule has 1 aromatic carbocycles. The lowest BCUT2D eigenvalue weighted by molar-refractivity contribution is 0.0882. The van der Waals surface area contributed by atoms with Crippen LogP contribution in [0.1, 0.15) is 15.9 Å². The van der Waals surface area contributed by atoms with Gasteiger partial charge in [0.25, 0.3) is 5.91 Å². The second-order valence-electron chi connectivity index (χ2n) is 6.48. The number of likely N-dealkylation sites (N-methyl/N-ethyl adjacent to an activating group) is 1. The van der Waals surface area contributed by atoms with E-state index < -0.39 is 0 Å². The van der Waals surface area contributed by atoms with E-state index in [9.17, 15) is 4.79 Å². The first kappa shape index (κ1) is 16.2.